The molecule has 0 aromatic carbocycles. The minimum atomic E-state index is 0.598. The zero-order chi connectivity index (χ0) is 13.0. The van der Waals surface area contributed by atoms with E-state index in [1.54, 1.807) is 6.20 Å². The summed E-state index contributed by atoms with van der Waals surface area (Å²) < 4.78 is 0. The standard InChI is InChI=1S/C15H23ClN2/c1-3-15(4-2)6-9-18(10-7-15)12-13-5-8-17-14(16)11-13/h5,8,11H,3-4,6-7,9-10,12H2,1-2H3. The zero-order valence-corrected chi connectivity index (χ0v) is 12.2. The van der Waals surface area contributed by atoms with Gasteiger partial charge in [0.15, 0.2) is 0 Å². The molecule has 0 unspecified atom stereocenters. The molecule has 0 N–H and O–H groups in total. The minimum Gasteiger partial charge on any atom is -0.299 e. The molecular weight excluding hydrogens is 244 g/mol. The lowest BCUT2D eigenvalue weighted by atomic mass is 9.74. The molecule has 0 atom stereocenters. The summed E-state index contributed by atoms with van der Waals surface area (Å²) in [5.74, 6) is 0. The number of pyridine rings is 1. The van der Waals surface area contributed by atoms with E-state index in [0.29, 0.717) is 10.6 Å². The number of likely N-dealkylation sites (tertiary alicyclic amines) is 1. The Bertz CT molecular complexity index is 378. The van der Waals surface area contributed by atoms with Gasteiger partial charge < -0.3 is 0 Å². The minimum absolute atomic E-state index is 0.598. The van der Waals surface area contributed by atoms with E-state index in [0.717, 1.165) is 6.54 Å². The van der Waals surface area contributed by atoms with Gasteiger partial charge in [-0.3, -0.25) is 4.90 Å². The summed E-state index contributed by atoms with van der Waals surface area (Å²) in [5.41, 5.74) is 1.88. The number of halogens is 1. The van der Waals surface area contributed by atoms with Gasteiger partial charge in [0.2, 0.25) is 0 Å². The highest BCUT2D eigenvalue weighted by Gasteiger charge is 2.30. The van der Waals surface area contributed by atoms with E-state index in [2.05, 4.69) is 29.8 Å². The molecule has 0 amide bonds. The molecule has 2 nitrogen and oxygen atoms in total. The van der Waals surface area contributed by atoms with Gasteiger partial charge in [-0.25, -0.2) is 4.98 Å². The second-order valence-electron chi connectivity index (χ2n) is 5.47. The number of hydrogen-bond donors (Lipinski definition) is 0. The highest BCUT2D eigenvalue weighted by molar-refractivity contribution is 6.29. The number of aromatic nitrogens is 1. The van der Waals surface area contributed by atoms with Crippen LogP contribution in [0.25, 0.3) is 0 Å². The summed E-state index contributed by atoms with van der Waals surface area (Å²) in [5, 5.41) is 0.598. The van der Waals surface area contributed by atoms with Gasteiger partial charge in [-0.2, -0.15) is 0 Å². The lowest BCUT2D eigenvalue weighted by molar-refractivity contribution is 0.0909. The van der Waals surface area contributed by atoms with Crippen molar-refractivity contribution in [3.05, 3.63) is 29.0 Å². The van der Waals surface area contributed by atoms with Crippen LogP contribution in [0.1, 0.15) is 45.1 Å². The van der Waals surface area contributed by atoms with Crippen LogP contribution in [0.15, 0.2) is 18.3 Å². The van der Waals surface area contributed by atoms with Crippen molar-refractivity contribution in [1.29, 1.82) is 0 Å². The Labute approximate surface area is 115 Å². The summed E-state index contributed by atoms with van der Waals surface area (Å²) in [6.45, 7) is 8.10. The van der Waals surface area contributed by atoms with Gasteiger partial charge in [0, 0.05) is 12.7 Å². The summed E-state index contributed by atoms with van der Waals surface area (Å²) in [7, 11) is 0. The average Bonchev–Trinajstić information content (AvgIpc) is 2.40. The predicted molar refractivity (Wildman–Crippen MR) is 76.8 cm³/mol. The smallest absolute Gasteiger partial charge is 0.129 e. The Morgan fingerprint density at radius 3 is 2.50 bits per heavy atom. The van der Waals surface area contributed by atoms with Crippen LogP contribution in [0.2, 0.25) is 5.15 Å². The van der Waals surface area contributed by atoms with Gasteiger partial charge in [-0.15, -0.1) is 0 Å². The average molecular weight is 267 g/mol. The topological polar surface area (TPSA) is 16.1 Å². The van der Waals surface area contributed by atoms with Crippen molar-refractivity contribution in [3.8, 4) is 0 Å². The van der Waals surface area contributed by atoms with E-state index in [-0.39, 0.29) is 0 Å². The molecule has 18 heavy (non-hydrogen) atoms. The van der Waals surface area contributed by atoms with Crippen molar-refractivity contribution in [2.24, 2.45) is 5.41 Å². The molecule has 1 aliphatic heterocycles. The predicted octanol–water partition coefficient (Wildman–Crippen LogP) is 4.14. The lowest BCUT2D eigenvalue weighted by Gasteiger charge is -2.41. The molecule has 0 aliphatic carbocycles. The van der Waals surface area contributed by atoms with Crippen LogP contribution in [0.3, 0.4) is 0 Å². The molecule has 1 aromatic rings. The molecule has 2 rings (SSSR count). The number of nitrogens with zero attached hydrogens (tertiary/aromatic N) is 2. The van der Waals surface area contributed by atoms with Gasteiger partial charge in [0.1, 0.15) is 5.15 Å². The van der Waals surface area contributed by atoms with Crippen molar-refractivity contribution in [2.75, 3.05) is 13.1 Å². The Morgan fingerprint density at radius 1 is 1.28 bits per heavy atom. The maximum atomic E-state index is 5.92. The molecule has 1 saturated heterocycles. The van der Waals surface area contributed by atoms with Gasteiger partial charge in [0.05, 0.1) is 0 Å². The van der Waals surface area contributed by atoms with E-state index in [1.165, 1.54) is 44.3 Å². The van der Waals surface area contributed by atoms with Crippen LogP contribution < -0.4 is 0 Å². The quantitative estimate of drug-likeness (QED) is 0.762. The van der Waals surface area contributed by atoms with Gasteiger partial charge in [-0.05, 0) is 49.0 Å². The van der Waals surface area contributed by atoms with Gasteiger partial charge in [-0.1, -0.05) is 38.3 Å². The molecule has 100 valence electrons. The van der Waals surface area contributed by atoms with Gasteiger partial charge >= 0.3 is 0 Å². The lowest BCUT2D eigenvalue weighted by Crippen LogP contribution is -2.39. The Hall–Kier alpha value is -0.600. The molecule has 0 spiro atoms. The highest BCUT2D eigenvalue weighted by Crippen LogP contribution is 2.38. The number of hydrogen-bond acceptors (Lipinski definition) is 2. The third-order valence-electron chi connectivity index (χ3n) is 4.61. The SMILES string of the molecule is CCC1(CC)CCN(Cc2ccnc(Cl)c2)CC1. The maximum absolute atomic E-state index is 5.92. The number of piperidine rings is 1. The third kappa shape index (κ3) is 3.24. The first kappa shape index (κ1) is 13.8. The zero-order valence-electron chi connectivity index (χ0n) is 11.5. The monoisotopic (exact) mass is 266 g/mol. The van der Waals surface area contributed by atoms with E-state index in [4.69, 9.17) is 11.6 Å². The van der Waals surface area contributed by atoms with Crippen molar-refractivity contribution in [2.45, 2.75) is 46.1 Å². The molecule has 0 radical (unpaired) electrons. The fourth-order valence-electron chi connectivity index (χ4n) is 2.94. The Morgan fingerprint density at radius 2 is 1.94 bits per heavy atom. The van der Waals surface area contributed by atoms with Crippen LogP contribution >= 0.6 is 11.6 Å². The second kappa shape index (κ2) is 6.03. The summed E-state index contributed by atoms with van der Waals surface area (Å²) in [4.78, 5) is 6.57. The Balaban J connectivity index is 1.91. The van der Waals surface area contributed by atoms with Crippen LogP contribution in [-0.2, 0) is 6.54 Å². The fourth-order valence-corrected chi connectivity index (χ4v) is 3.14. The first-order valence-electron chi connectivity index (χ1n) is 7.00. The van der Waals surface area contributed by atoms with E-state index >= 15 is 0 Å². The summed E-state index contributed by atoms with van der Waals surface area (Å²) >= 11 is 5.92. The van der Waals surface area contributed by atoms with Crippen LogP contribution in [-0.4, -0.2) is 23.0 Å². The number of rotatable bonds is 4. The molecular formula is C15H23ClN2. The van der Waals surface area contributed by atoms with Gasteiger partial charge in [0.25, 0.3) is 0 Å². The highest BCUT2D eigenvalue weighted by atomic mass is 35.5. The molecule has 1 fully saturated rings. The molecule has 3 heteroatoms. The van der Waals surface area contributed by atoms with Crippen molar-refractivity contribution in [1.82, 2.24) is 9.88 Å². The molecule has 1 aliphatic rings. The van der Waals surface area contributed by atoms with Crippen molar-refractivity contribution in [3.63, 3.8) is 0 Å². The van der Waals surface area contributed by atoms with Crippen LogP contribution in [0.4, 0.5) is 0 Å². The van der Waals surface area contributed by atoms with Crippen LogP contribution in [0, 0.1) is 5.41 Å². The van der Waals surface area contributed by atoms with Crippen LogP contribution in [0.5, 0.6) is 0 Å². The maximum Gasteiger partial charge on any atom is 0.129 e. The third-order valence-corrected chi connectivity index (χ3v) is 4.82. The first-order chi connectivity index (χ1) is 8.67. The first-order valence-corrected chi connectivity index (χ1v) is 7.38. The summed E-state index contributed by atoms with van der Waals surface area (Å²) in [6.07, 6.45) is 7.10. The largest absolute Gasteiger partial charge is 0.299 e. The second-order valence-corrected chi connectivity index (χ2v) is 5.86. The molecule has 0 bridgehead atoms. The van der Waals surface area contributed by atoms with E-state index < -0.39 is 0 Å². The molecule has 1 aromatic heterocycles. The normalized spacial score (nSPS) is 19.9. The van der Waals surface area contributed by atoms with E-state index in [9.17, 15) is 0 Å². The van der Waals surface area contributed by atoms with E-state index in [1.807, 2.05) is 6.07 Å². The fraction of sp³-hybridized carbons (Fsp3) is 0.667. The van der Waals surface area contributed by atoms with Crippen molar-refractivity contribution < 1.29 is 0 Å². The summed E-state index contributed by atoms with van der Waals surface area (Å²) in [6, 6.07) is 4.04. The molecule has 2 heterocycles. The van der Waals surface area contributed by atoms with Crippen molar-refractivity contribution >= 4 is 11.6 Å². The Kier molecular flexibility index (Phi) is 4.63. The molecule has 0 saturated carbocycles.